The summed E-state index contributed by atoms with van der Waals surface area (Å²) in [5, 5.41) is 4.82. The molecule has 3 N–H and O–H groups in total. The van der Waals surface area contributed by atoms with Crippen LogP contribution in [0.1, 0.15) is 104 Å². The Labute approximate surface area is 459 Å². The number of rotatable bonds is 8. The van der Waals surface area contributed by atoms with Gasteiger partial charge in [0.15, 0.2) is 0 Å². The number of carbonyl (C=O) groups is 4. The first kappa shape index (κ1) is 63.0. The number of carbonyl (C=O) groups excluding carboxylic acids is 4. The zero-order valence-corrected chi connectivity index (χ0v) is 48.5. The summed E-state index contributed by atoms with van der Waals surface area (Å²) in [6.45, 7) is 25.5. The quantitative estimate of drug-likeness (QED) is 0.138. The van der Waals surface area contributed by atoms with Crippen molar-refractivity contribution in [3.05, 3.63) is 91.0 Å². The minimum absolute atomic E-state index is 0.0575. The number of Topliss-reactive ketones (excluding diaryl/α,β-unsaturated/α-hetero) is 2. The molecule has 2 amide bonds. The number of ether oxygens (including phenoxy) is 2. The molecule has 7 heterocycles. The van der Waals surface area contributed by atoms with E-state index in [0.717, 1.165) is 61.1 Å². The number of amides is 2. The maximum absolute atomic E-state index is 12.4. The number of likely N-dealkylation sites (N-methyl/N-ethyl adjacent to an activating group) is 2. The fraction of sp³-hybridized carbons (Fsp3) is 0.520. The van der Waals surface area contributed by atoms with Gasteiger partial charge in [0, 0.05) is 93.6 Å². The number of nitrogen functional groups attached to an aromatic ring is 1. The van der Waals surface area contributed by atoms with Gasteiger partial charge in [-0.05, 0) is 127 Å². The third-order valence-corrected chi connectivity index (χ3v) is 11.7. The molecule has 74 heavy (non-hydrogen) atoms. The third kappa shape index (κ3) is 21.5. The minimum atomic E-state index is -0.509. The Kier molecular flexibility index (Phi) is 24.3. The molecule has 5 aromatic heterocycles. The first-order valence-electron chi connectivity index (χ1n) is 23.7. The van der Waals surface area contributed by atoms with Gasteiger partial charge in [0.25, 0.3) is 0 Å². The molecule has 2 saturated heterocycles. The number of nitrogens with two attached hydrogens (primary N) is 1. The minimum Gasteiger partial charge on any atom is -0.444 e. The van der Waals surface area contributed by atoms with Crippen LogP contribution in [0, 0.1) is 27.7 Å². The Balaban J connectivity index is 0.000000266. The van der Waals surface area contributed by atoms with Gasteiger partial charge >= 0.3 is 12.2 Å². The van der Waals surface area contributed by atoms with Crippen molar-refractivity contribution in [2.75, 3.05) is 50.9 Å². The normalized spacial score (nSPS) is 14.9. The number of nitrogens with one attached hydrogen (secondary N) is 1. The van der Waals surface area contributed by atoms with Crippen LogP contribution in [0.5, 0.6) is 0 Å². The molecule has 0 unspecified atom stereocenters. The summed E-state index contributed by atoms with van der Waals surface area (Å²) in [7, 11) is 3.58. The van der Waals surface area contributed by atoms with Gasteiger partial charge in [-0.2, -0.15) is 4.98 Å². The summed E-state index contributed by atoms with van der Waals surface area (Å²) in [4.78, 5) is 74.4. The van der Waals surface area contributed by atoms with Crippen LogP contribution in [0.2, 0.25) is 25.8 Å². The van der Waals surface area contributed by atoms with Gasteiger partial charge in [-0.1, -0.05) is 58.0 Å². The van der Waals surface area contributed by atoms with E-state index in [9.17, 15) is 19.2 Å². The maximum Gasteiger partial charge on any atom is 0.410 e. The van der Waals surface area contributed by atoms with Gasteiger partial charge < -0.3 is 44.8 Å². The van der Waals surface area contributed by atoms with E-state index >= 15 is 0 Å². The van der Waals surface area contributed by atoms with Crippen molar-refractivity contribution in [3.63, 3.8) is 0 Å². The molecule has 19 nitrogen and oxygen atoms in total. The maximum atomic E-state index is 12.4. The number of hydrogen-bond acceptors (Lipinski definition) is 15. The highest BCUT2D eigenvalue weighted by molar-refractivity contribution is 6.33. The van der Waals surface area contributed by atoms with Gasteiger partial charge in [0.1, 0.15) is 54.4 Å². The van der Waals surface area contributed by atoms with Gasteiger partial charge in [-0.25, -0.2) is 34.5 Å². The summed E-state index contributed by atoms with van der Waals surface area (Å²) in [5.41, 5.74) is 8.45. The first-order chi connectivity index (χ1) is 34.3. The van der Waals surface area contributed by atoms with Gasteiger partial charge in [-0.3, -0.25) is 9.13 Å². The van der Waals surface area contributed by atoms with E-state index in [1.54, 1.807) is 30.0 Å². The van der Waals surface area contributed by atoms with E-state index in [0.29, 0.717) is 46.7 Å². The lowest BCUT2D eigenvalue weighted by atomic mass is 10.2. The van der Waals surface area contributed by atoms with Crippen molar-refractivity contribution >= 4 is 93.5 Å². The fourth-order valence-corrected chi connectivity index (χ4v) is 8.09. The molecule has 0 aromatic carbocycles. The number of aryl methyl sites for hydroxylation is 4. The highest BCUT2D eigenvalue weighted by Crippen LogP contribution is 2.26. The van der Waals surface area contributed by atoms with E-state index in [4.69, 9.17) is 78.2 Å². The fourth-order valence-electron chi connectivity index (χ4n) is 7.06. The average Bonchev–Trinajstić information content (AvgIpc) is 4.10. The first-order valence-corrected chi connectivity index (χ1v) is 25.6. The Bertz CT molecular complexity index is 2560. The second-order valence-corrected chi connectivity index (χ2v) is 21.5. The molecule has 0 spiro atoms. The van der Waals surface area contributed by atoms with E-state index in [1.165, 1.54) is 26.0 Å². The van der Waals surface area contributed by atoms with Crippen molar-refractivity contribution in [2.45, 2.75) is 132 Å². The standard InChI is InChI=1S/C20H28ClN5O2.C10H9Cl2N3.C10H20N2O2.C6H10O2.C4H3Cl2N3/c1-13-7-8-14(2)26(13)18-22-16(21)11-17(23-18)25-10-9-15(12-25)24(6)19(27)28-20(3,4)5;1-6-3-4-7(2)15(6)10-13-8(11)5-9(12)14-10;1-10(2,3)14-9(13)12(4)8-5-6-11-7-8;1-5(7)3-4-6(2)8;5-2-1-3(6)9-4(7)8-2/h7-8,11,15H,9-10,12H2,1-6H3;3-5H,1-2H3;8,11H,5-7H2,1-4H3;3-4H2,1-2H3;1H,(H2,7,8,9)/t15-;;8-;;/m1.1../s1. The lowest BCUT2D eigenvalue weighted by Gasteiger charge is -2.28. The summed E-state index contributed by atoms with van der Waals surface area (Å²) in [5.74, 6) is 2.09. The molecule has 2 aliphatic heterocycles. The highest BCUT2D eigenvalue weighted by Gasteiger charge is 2.32. The monoisotopic (exact) mass is 1120 g/mol. The number of anilines is 2. The number of nitrogens with zero attached hydrogens (tertiary/aromatic N) is 11. The van der Waals surface area contributed by atoms with Crippen molar-refractivity contribution in [1.82, 2.24) is 54.2 Å². The van der Waals surface area contributed by atoms with E-state index in [1.807, 2.05) is 103 Å². The lowest BCUT2D eigenvalue weighted by molar-refractivity contribution is -0.122. The SMILES string of the molecule is CC(=O)CCC(C)=O.CN(C(=O)OC(C)(C)C)[C@@H]1CCNC1.Cc1ccc(C)n1-c1nc(Cl)cc(Cl)n1.Cc1ccc(C)n1-c1nc(Cl)cc(N2CC[C@@H](N(C)C(=O)OC(C)(C)C)C2)n1.Nc1nc(Cl)cc(Cl)n1. The zero-order valence-electron chi connectivity index (χ0n) is 44.7. The molecular weight excluding hydrogens is 1060 g/mol. The number of aromatic nitrogens is 8. The number of halogens is 5. The molecule has 2 atom stereocenters. The molecule has 0 bridgehead atoms. The zero-order chi connectivity index (χ0) is 55.8. The van der Waals surface area contributed by atoms with Crippen LogP contribution in [0.4, 0.5) is 21.4 Å². The van der Waals surface area contributed by atoms with Crippen molar-refractivity contribution in [2.24, 2.45) is 0 Å². The number of ketones is 2. The highest BCUT2D eigenvalue weighted by atomic mass is 35.5. The van der Waals surface area contributed by atoms with Crippen LogP contribution in [0.25, 0.3) is 11.9 Å². The number of hydrogen-bond donors (Lipinski definition) is 2. The Morgan fingerprint density at radius 2 is 1.00 bits per heavy atom. The van der Waals surface area contributed by atoms with Crippen molar-refractivity contribution in [3.8, 4) is 11.9 Å². The smallest absolute Gasteiger partial charge is 0.410 e. The van der Waals surface area contributed by atoms with Crippen LogP contribution in [0.3, 0.4) is 0 Å². The summed E-state index contributed by atoms with van der Waals surface area (Å²) >= 11 is 28.8. The largest absolute Gasteiger partial charge is 0.444 e. The van der Waals surface area contributed by atoms with E-state index in [2.05, 4.69) is 35.1 Å². The molecule has 2 aliphatic rings. The van der Waals surface area contributed by atoms with Gasteiger partial charge in [0.2, 0.25) is 17.8 Å². The molecular formula is C50H70Cl5N13O6. The third-order valence-electron chi connectivity index (χ3n) is 10.8. The summed E-state index contributed by atoms with van der Waals surface area (Å²) in [6, 6.07) is 13.1. The molecule has 406 valence electrons. The summed E-state index contributed by atoms with van der Waals surface area (Å²) in [6.07, 6.45) is 2.11. The molecule has 7 rings (SSSR count). The van der Waals surface area contributed by atoms with Crippen LogP contribution in [-0.4, -0.2) is 136 Å². The van der Waals surface area contributed by atoms with Crippen LogP contribution >= 0.6 is 58.0 Å². The van der Waals surface area contributed by atoms with Crippen molar-refractivity contribution in [1.29, 1.82) is 0 Å². The van der Waals surface area contributed by atoms with Crippen LogP contribution in [0.15, 0.2) is 42.5 Å². The molecule has 0 saturated carbocycles. The van der Waals surface area contributed by atoms with E-state index < -0.39 is 11.2 Å². The van der Waals surface area contributed by atoms with Crippen LogP contribution in [-0.2, 0) is 19.1 Å². The van der Waals surface area contributed by atoms with Crippen molar-refractivity contribution < 1.29 is 28.7 Å². The molecule has 5 aromatic rings. The Morgan fingerprint density at radius 1 is 0.622 bits per heavy atom. The van der Waals surface area contributed by atoms with Crippen LogP contribution < -0.4 is 16.0 Å². The Hall–Kier alpha value is -5.31. The Morgan fingerprint density at radius 3 is 1.36 bits per heavy atom. The van der Waals surface area contributed by atoms with Gasteiger partial charge in [0.05, 0.1) is 6.04 Å². The molecule has 2 fully saturated rings. The average molecular weight is 1130 g/mol. The molecule has 0 aliphatic carbocycles. The summed E-state index contributed by atoms with van der Waals surface area (Å²) < 4.78 is 14.6. The predicted molar refractivity (Wildman–Crippen MR) is 294 cm³/mol. The van der Waals surface area contributed by atoms with Gasteiger partial charge in [-0.15, -0.1) is 0 Å². The topological polar surface area (TPSA) is 222 Å². The second kappa shape index (κ2) is 28.5. The molecule has 24 heteroatoms. The van der Waals surface area contributed by atoms with E-state index in [-0.39, 0.29) is 52.1 Å². The lowest BCUT2D eigenvalue weighted by Crippen LogP contribution is -2.42. The predicted octanol–water partition coefficient (Wildman–Crippen LogP) is 10.7. The molecule has 0 radical (unpaired) electrons. The second-order valence-electron chi connectivity index (χ2n) is 19.6.